The Morgan fingerprint density at radius 1 is 1.28 bits per heavy atom. The Hall–Kier alpha value is -1.74. The van der Waals surface area contributed by atoms with Gasteiger partial charge in [0.15, 0.2) is 0 Å². The van der Waals surface area contributed by atoms with Gasteiger partial charge in [-0.15, -0.1) is 0 Å². The van der Waals surface area contributed by atoms with Crippen LogP contribution in [-0.4, -0.2) is 16.1 Å². The predicted octanol–water partition coefficient (Wildman–Crippen LogP) is 4.16. The largest absolute Gasteiger partial charge is 0.478 e. The standard InChI is InChI=1S/C14H14ClNO2/c1-8(2)13-11(14(17)18)7-12(16-13)9-3-5-10(15)6-4-9/h3-8,16H,1-2H3,(H,17,18). The van der Waals surface area contributed by atoms with E-state index in [2.05, 4.69) is 4.98 Å². The molecule has 0 aliphatic carbocycles. The van der Waals surface area contributed by atoms with Crippen molar-refractivity contribution in [3.8, 4) is 11.3 Å². The Kier molecular flexibility index (Phi) is 3.43. The number of aromatic amines is 1. The molecule has 0 saturated carbocycles. The van der Waals surface area contributed by atoms with E-state index in [0.717, 1.165) is 17.0 Å². The summed E-state index contributed by atoms with van der Waals surface area (Å²) in [5.74, 6) is -0.771. The van der Waals surface area contributed by atoms with Crippen LogP contribution in [0.15, 0.2) is 30.3 Å². The Bertz CT molecular complexity index is 570. The van der Waals surface area contributed by atoms with Crippen LogP contribution in [0.1, 0.15) is 35.8 Å². The van der Waals surface area contributed by atoms with E-state index in [1.165, 1.54) is 0 Å². The van der Waals surface area contributed by atoms with Crippen molar-refractivity contribution in [3.63, 3.8) is 0 Å². The Labute approximate surface area is 110 Å². The number of carboxylic acids is 1. The van der Waals surface area contributed by atoms with Gasteiger partial charge in [-0.25, -0.2) is 4.79 Å². The van der Waals surface area contributed by atoms with E-state index >= 15 is 0 Å². The number of rotatable bonds is 3. The van der Waals surface area contributed by atoms with Gasteiger partial charge >= 0.3 is 5.97 Å². The van der Waals surface area contributed by atoms with Gasteiger partial charge in [-0.3, -0.25) is 0 Å². The molecule has 0 bridgehead atoms. The lowest BCUT2D eigenvalue weighted by atomic mass is 10.1. The van der Waals surface area contributed by atoms with Crippen molar-refractivity contribution in [3.05, 3.63) is 46.6 Å². The molecule has 4 heteroatoms. The van der Waals surface area contributed by atoms with E-state index in [1.807, 2.05) is 26.0 Å². The van der Waals surface area contributed by atoms with Gasteiger partial charge < -0.3 is 10.1 Å². The van der Waals surface area contributed by atoms with Gasteiger partial charge in [-0.2, -0.15) is 0 Å². The first-order valence-corrected chi connectivity index (χ1v) is 6.09. The number of H-pyrrole nitrogens is 1. The molecule has 18 heavy (non-hydrogen) atoms. The first-order chi connectivity index (χ1) is 8.49. The monoisotopic (exact) mass is 263 g/mol. The number of carboxylic acid groups (broad SMARTS) is 1. The number of aromatic nitrogens is 1. The number of hydrogen-bond acceptors (Lipinski definition) is 1. The summed E-state index contributed by atoms with van der Waals surface area (Å²) in [6.07, 6.45) is 0. The third-order valence-corrected chi connectivity index (χ3v) is 3.06. The second-order valence-corrected chi connectivity index (χ2v) is 4.91. The van der Waals surface area contributed by atoms with Crippen LogP contribution >= 0.6 is 11.6 Å². The normalized spacial score (nSPS) is 10.9. The summed E-state index contributed by atoms with van der Waals surface area (Å²) in [5, 5.41) is 9.84. The maximum Gasteiger partial charge on any atom is 0.337 e. The van der Waals surface area contributed by atoms with Crippen molar-refractivity contribution < 1.29 is 9.90 Å². The Morgan fingerprint density at radius 3 is 2.33 bits per heavy atom. The van der Waals surface area contributed by atoms with Crippen LogP contribution in [-0.2, 0) is 0 Å². The van der Waals surface area contributed by atoms with Crippen molar-refractivity contribution in [1.82, 2.24) is 4.98 Å². The number of carbonyl (C=O) groups is 1. The molecule has 0 atom stereocenters. The fourth-order valence-corrected chi connectivity index (χ4v) is 2.01. The minimum Gasteiger partial charge on any atom is -0.478 e. The third kappa shape index (κ3) is 2.41. The molecule has 0 aliphatic rings. The molecule has 3 nitrogen and oxygen atoms in total. The molecule has 0 saturated heterocycles. The molecular formula is C14H14ClNO2. The quantitative estimate of drug-likeness (QED) is 0.874. The molecule has 0 unspecified atom stereocenters. The van der Waals surface area contributed by atoms with E-state index in [0.29, 0.717) is 10.6 Å². The molecule has 1 heterocycles. The van der Waals surface area contributed by atoms with Crippen molar-refractivity contribution in [2.45, 2.75) is 19.8 Å². The average molecular weight is 264 g/mol. The maximum absolute atomic E-state index is 11.2. The Morgan fingerprint density at radius 2 is 1.89 bits per heavy atom. The number of aromatic carboxylic acids is 1. The molecule has 94 valence electrons. The van der Waals surface area contributed by atoms with Crippen molar-refractivity contribution in [1.29, 1.82) is 0 Å². The lowest BCUT2D eigenvalue weighted by molar-refractivity contribution is 0.0695. The summed E-state index contributed by atoms with van der Waals surface area (Å²) < 4.78 is 0. The Balaban J connectivity index is 2.49. The lowest BCUT2D eigenvalue weighted by Gasteiger charge is -2.03. The van der Waals surface area contributed by atoms with Gasteiger partial charge in [0.1, 0.15) is 0 Å². The van der Waals surface area contributed by atoms with Gasteiger partial charge in [0.25, 0.3) is 0 Å². The number of halogens is 1. The fourth-order valence-electron chi connectivity index (χ4n) is 1.89. The average Bonchev–Trinajstić information content (AvgIpc) is 2.75. The molecule has 0 fully saturated rings. The summed E-state index contributed by atoms with van der Waals surface area (Å²) in [7, 11) is 0. The summed E-state index contributed by atoms with van der Waals surface area (Å²) in [6.45, 7) is 3.92. The highest BCUT2D eigenvalue weighted by molar-refractivity contribution is 6.30. The highest BCUT2D eigenvalue weighted by Gasteiger charge is 2.17. The molecule has 0 aliphatic heterocycles. The minimum absolute atomic E-state index is 0.136. The zero-order chi connectivity index (χ0) is 13.3. The zero-order valence-corrected chi connectivity index (χ0v) is 11.0. The first kappa shape index (κ1) is 12.7. The van der Waals surface area contributed by atoms with E-state index in [9.17, 15) is 9.90 Å². The molecule has 0 amide bonds. The second kappa shape index (κ2) is 4.86. The van der Waals surface area contributed by atoms with Crippen LogP contribution in [0.5, 0.6) is 0 Å². The highest BCUT2D eigenvalue weighted by atomic mass is 35.5. The van der Waals surface area contributed by atoms with Crippen LogP contribution in [0.3, 0.4) is 0 Å². The van der Waals surface area contributed by atoms with E-state index in [1.54, 1.807) is 18.2 Å². The molecule has 0 radical (unpaired) electrons. The third-order valence-electron chi connectivity index (χ3n) is 2.81. The second-order valence-electron chi connectivity index (χ2n) is 4.48. The molecule has 0 spiro atoms. The number of hydrogen-bond donors (Lipinski definition) is 2. The molecule has 2 N–H and O–H groups in total. The van der Waals surface area contributed by atoms with Gasteiger partial charge in [0.05, 0.1) is 5.56 Å². The first-order valence-electron chi connectivity index (χ1n) is 5.71. The van der Waals surface area contributed by atoms with Crippen molar-refractivity contribution in [2.24, 2.45) is 0 Å². The molecular weight excluding hydrogens is 250 g/mol. The van der Waals surface area contributed by atoms with Crippen molar-refractivity contribution >= 4 is 17.6 Å². The summed E-state index contributed by atoms with van der Waals surface area (Å²) in [6, 6.07) is 8.97. The van der Waals surface area contributed by atoms with E-state index < -0.39 is 5.97 Å². The zero-order valence-electron chi connectivity index (χ0n) is 10.2. The summed E-state index contributed by atoms with van der Waals surface area (Å²) in [4.78, 5) is 14.4. The van der Waals surface area contributed by atoms with Gasteiger partial charge in [-0.1, -0.05) is 37.6 Å². The van der Waals surface area contributed by atoms with Gasteiger partial charge in [0, 0.05) is 16.4 Å². The molecule has 2 aromatic rings. The van der Waals surface area contributed by atoms with E-state index in [-0.39, 0.29) is 5.92 Å². The molecule has 1 aromatic carbocycles. The summed E-state index contributed by atoms with van der Waals surface area (Å²) >= 11 is 5.83. The maximum atomic E-state index is 11.2. The van der Waals surface area contributed by atoms with Crippen LogP contribution in [0.25, 0.3) is 11.3 Å². The van der Waals surface area contributed by atoms with Crippen LogP contribution in [0.4, 0.5) is 0 Å². The van der Waals surface area contributed by atoms with Crippen LogP contribution in [0, 0.1) is 0 Å². The predicted molar refractivity (Wildman–Crippen MR) is 72.3 cm³/mol. The van der Waals surface area contributed by atoms with Crippen LogP contribution in [0.2, 0.25) is 5.02 Å². The topological polar surface area (TPSA) is 53.1 Å². The smallest absolute Gasteiger partial charge is 0.337 e. The molecule has 2 rings (SSSR count). The van der Waals surface area contributed by atoms with Crippen molar-refractivity contribution in [2.75, 3.05) is 0 Å². The van der Waals surface area contributed by atoms with E-state index in [4.69, 9.17) is 11.6 Å². The summed E-state index contributed by atoms with van der Waals surface area (Å²) in [5.41, 5.74) is 2.80. The molecule has 1 aromatic heterocycles. The number of nitrogens with one attached hydrogen (secondary N) is 1. The highest BCUT2D eigenvalue weighted by Crippen LogP contribution is 2.27. The SMILES string of the molecule is CC(C)c1[nH]c(-c2ccc(Cl)cc2)cc1C(=O)O. The lowest BCUT2D eigenvalue weighted by Crippen LogP contribution is -2.01. The fraction of sp³-hybridized carbons (Fsp3) is 0.214. The van der Waals surface area contributed by atoms with Gasteiger partial charge in [0.2, 0.25) is 0 Å². The number of benzene rings is 1. The minimum atomic E-state index is -0.907. The van der Waals surface area contributed by atoms with Crippen LogP contribution < -0.4 is 0 Å². The van der Waals surface area contributed by atoms with Gasteiger partial charge in [-0.05, 0) is 29.7 Å².